The zero-order chi connectivity index (χ0) is 14.0. The third-order valence-electron chi connectivity index (χ3n) is 3.97. The summed E-state index contributed by atoms with van der Waals surface area (Å²) in [5.41, 5.74) is -0.0219. The van der Waals surface area contributed by atoms with E-state index in [0.29, 0.717) is 6.04 Å². The van der Waals surface area contributed by atoms with Crippen LogP contribution in [0.4, 0.5) is 0 Å². The van der Waals surface area contributed by atoms with E-state index in [1.54, 1.807) is 0 Å². The summed E-state index contributed by atoms with van der Waals surface area (Å²) >= 11 is 0. The van der Waals surface area contributed by atoms with E-state index in [0.717, 1.165) is 25.5 Å². The smallest absolute Gasteiger partial charge is 0.0804 e. The van der Waals surface area contributed by atoms with Gasteiger partial charge >= 0.3 is 0 Å². The molecule has 0 aliphatic carbocycles. The lowest BCUT2D eigenvalue weighted by atomic mass is 9.85. The van der Waals surface area contributed by atoms with Gasteiger partial charge in [0.15, 0.2) is 0 Å². The van der Waals surface area contributed by atoms with Gasteiger partial charge in [0.1, 0.15) is 0 Å². The van der Waals surface area contributed by atoms with Gasteiger partial charge in [0, 0.05) is 12.6 Å². The lowest BCUT2D eigenvalue weighted by Crippen LogP contribution is -2.51. The molecule has 2 heteroatoms. The fourth-order valence-corrected chi connectivity index (χ4v) is 2.66. The summed E-state index contributed by atoms with van der Waals surface area (Å²) in [6, 6.07) is 0.476. The van der Waals surface area contributed by atoms with Crippen LogP contribution in [-0.4, -0.2) is 24.8 Å². The van der Waals surface area contributed by atoms with Crippen molar-refractivity contribution in [3.63, 3.8) is 0 Å². The van der Waals surface area contributed by atoms with E-state index in [1.165, 1.54) is 25.7 Å². The molecule has 0 rings (SSSR count). The van der Waals surface area contributed by atoms with Crippen LogP contribution >= 0.6 is 0 Å². The molecule has 0 amide bonds. The Morgan fingerprint density at radius 1 is 1.11 bits per heavy atom. The van der Waals surface area contributed by atoms with Crippen LogP contribution in [0.3, 0.4) is 0 Å². The molecule has 3 unspecified atom stereocenters. The highest BCUT2D eigenvalue weighted by Crippen LogP contribution is 2.26. The molecule has 0 saturated heterocycles. The van der Waals surface area contributed by atoms with Gasteiger partial charge < -0.3 is 10.1 Å². The van der Waals surface area contributed by atoms with Crippen molar-refractivity contribution < 1.29 is 4.74 Å². The van der Waals surface area contributed by atoms with E-state index in [4.69, 9.17) is 4.74 Å². The summed E-state index contributed by atoms with van der Waals surface area (Å²) in [7, 11) is 0. The lowest BCUT2D eigenvalue weighted by molar-refractivity contribution is -0.0600. The second kappa shape index (κ2) is 9.80. The largest absolute Gasteiger partial charge is 0.374 e. The van der Waals surface area contributed by atoms with Gasteiger partial charge in [-0.2, -0.15) is 0 Å². The highest BCUT2D eigenvalue weighted by Gasteiger charge is 2.33. The van der Waals surface area contributed by atoms with Crippen molar-refractivity contribution >= 4 is 0 Å². The maximum atomic E-state index is 6.05. The average molecular weight is 257 g/mol. The molecule has 0 aliphatic rings. The van der Waals surface area contributed by atoms with E-state index in [2.05, 4.69) is 46.9 Å². The minimum atomic E-state index is -0.0219. The van der Waals surface area contributed by atoms with E-state index in [1.807, 2.05) is 0 Å². The van der Waals surface area contributed by atoms with Crippen LogP contribution in [0.15, 0.2) is 0 Å². The number of ether oxygens (including phenoxy) is 1. The van der Waals surface area contributed by atoms with Gasteiger partial charge in [-0.05, 0) is 45.6 Å². The number of hydrogen-bond donors (Lipinski definition) is 1. The first kappa shape index (κ1) is 17.9. The quantitative estimate of drug-likeness (QED) is 0.593. The molecular weight excluding hydrogens is 222 g/mol. The highest BCUT2D eigenvalue weighted by molar-refractivity contribution is 4.89. The Bertz CT molecular complexity index is 196. The molecule has 0 heterocycles. The highest BCUT2D eigenvalue weighted by atomic mass is 16.5. The fourth-order valence-electron chi connectivity index (χ4n) is 2.66. The molecule has 2 nitrogen and oxygen atoms in total. The van der Waals surface area contributed by atoms with Crippen molar-refractivity contribution in [2.24, 2.45) is 5.92 Å². The van der Waals surface area contributed by atoms with Crippen molar-refractivity contribution in [2.45, 2.75) is 85.3 Å². The van der Waals surface area contributed by atoms with Gasteiger partial charge in [0.2, 0.25) is 0 Å². The fraction of sp³-hybridized carbons (Fsp3) is 1.00. The lowest BCUT2D eigenvalue weighted by Gasteiger charge is -2.39. The predicted octanol–water partition coefficient (Wildman–Crippen LogP) is 4.39. The van der Waals surface area contributed by atoms with E-state index in [9.17, 15) is 0 Å². The predicted molar refractivity (Wildman–Crippen MR) is 81.1 cm³/mol. The minimum absolute atomic E-state index is 0.0219. The number of hydrogen-bond acceptors (Lipinski definition) is 2. The number of rotatable bonds is 11. The third kappa shape index (κ3) is 6.19. The average Bonchev–Trinajstić information content (AvgIpc) is 2.34. The molecule has 0 saturated carbocycles. The summed E-state index contributed by atoms with van der Waals surface area (Å²) in [5, 5.41) is 3.71. The van der Waals surface area contributed by atoms with Crippen molar-refractivity contribution in [1.29, 1.82) is 0 Å². The van der Waals surface area contributed by atoms with Crippen LogP contribution in [0.1, 0.15) is 73.6 Å². The maximum absolute atomic E-state index is 6.05. The van der Waals surface area contributed by atoms with Crippen LogP contribution < -0.4 is 5.32 Å². The topological polar surface area (TPSA) is 21.3 Å². The molecule has 3 atom stereocenters. The Morgan fingerprint density at radius 2 is 1.78 bits per heavy atom. The van der Waals surface area contributed by atoms with Crippen molar-refractivity contribution in [1.82, 2.24) is 5.32 Å². The van der Waals surface area contributed by atoms with Crippen molar-refractivity contribution in [2.75, 3.05) is 13.2 Å². The Kier molecular flexibility index (Phi) is 9.76. The Labute approximate surface area is 115 Å². The van der Waals surface area contributed by atoms with E-state index < -0.39 is 0 Å². The molecule has 110 valence electrons. The summed E-state index contributed by atoms with van der Waals surface area (Å²) in [6.07, 6.45) is 6.07. The molecule has 0 fully saturated rings. The molecule has 0 aliphatic heterocycles. The Morgan fingerprint density at radius 3 is 2.22 bits per heavy atom. The summed E-state index contributed by atoms with van der Waals surface area (Å²) in [6.45, 7) is 15.4. The monoisotopic (exact) mass is 257 g/mol. The van der Waals surface area contributed by atoms with Gasteiger partial charge in [0.05, 0.1) is 5.60 Å². The molecule has 0 aromatic heterocycles. The zero-order valence-electron chi connectivity index (χ0n) is 13.5. The maximum Gasteiger partial charge on any atom is 0.0804 e. The van der Waals surface area contributed by atoms with E-state index >= 15 is 0 Å². The van der Waals surface area contributed by atoms with Crippen molar-refractivity contribution in [3.05, 3.63) is 0 Å². The molecule has 18 heavy (non-hydrogen) atoms. The molecule has 0 spiro atoms. The summed E-state index contributed by atoms with van der Waals surface area (Å²) < 4.78 is 6.05. The third-order valence-corrected chi connectivity index (χ3v) is 3.97. The molecule has 1 N–H and O–H groups in total. The normalized spacial score (nSPS) is 18.3. The van der Waals surface area contributed by atoms with E-state index in [-0.39, 0.29) is 5.60 Å². The molecule has 0 aromatic rings. The molecule has 0 radical (unpaired) electrons. The minimum Gasteiger partial charge on any atom is -0.374 e. The first-order chi connectivity index (χ1) is 8.53. The Balaban J connectivity index is 4.61. The summed E-state index contributed by atoms with van der Waals surface area (Å²) in [5.74, 6) is 0.774. The Hall–Kier alpha value is -0.0800. The first-order valence-corrected chi connectivity index (χ1v) is 7.91. The second-order valence-electron chi connectivity index (χ2n) is 5.74. The molecular formula is C16H35NO. The zero-order valence-corrected chi connectivity index (χ0v) is 13.5. The number of nitrogens with one attached hydrogen (secondary N) is 1. The van der Waals surface area contributed by atoms with Crippen LogP contribution in [0, 0.1) is 5.92 Å². The standard InChI is InChI=1S/C16H35NO/c1-7-11-14(5)13-15(17-12-8-2)16(6,9-3)18-10-4/h14-15,17H,7-13H2,1-6H3. The SMILES string of the molecule is CCCNC(CC(C)CCC)C(C)(CC)OCC. The molecule has 0 aromatic carbocycles. The van der Waals surface area contributed by atoms with Gasteiger partial charge in [-0.3, -0.25) is 0 Å². The van der Waals surface area contributed by atoms with Gasteiger partial charge in [-0.25, -0.2) is 0 Å². The van der Waals surface area contributed by atoms with Crippen LogP contribution in [-0.2, 0) is 4.74 Å². The van der Waals surface area contributed by atoms with Gasteiger partial charge in [0.25, 0.3) is 0 Å². The van der Waals surface area contributed by atoms with Gasteiger partial charge in [-0.1, -0.05) is 40.5 Å². The van der Waals surface area contributed by atoms with Crippen molar-refractivity contribution in [3.8, 4) is 0 Å². The molecule has 0 bridgehead atoms. The first-order valence-electron chi connectivity index (χ1n) is 7.91. The van der Waals surface area contributed by atoms with Gasteiger partial charge in [-0.15, -0.1) is 0 Å². The summed E-state index contributed by atoms with van der Waals surface area (Å²) in [4.78, 5) is 0. The van der Waals surface area contributed by atoms with Crippen LogP contribution in [0.2, 0.25) is 0 Å². The second-order valence-corrected chi connectivity index (χ2v) is 5.74. The van der Waals surface area contributed by atoms with Crippen LogP contribution in [0.5, 0.6) is 0 Å². The van der Waals surface area contributed by atoms with Crippen LogP contribution in [0.25, 0.3) is 0 Å².